The van der Waals surface area contributed by atoms with Crippen LogP contribution >= 0.6 is 0 Å². The molecule has 0 radical (unpaired) electrons. The van der Waals surface area contributed by atoms with E-state index in [0.717, 1.165) is 12.0 Å². The molecule has 3 nitrogen and oxygen atoms in total. The highest BCUT2D eigenvalue weighted by molar-refractivity contribution is 5.36. The van der Waals surface area contributed by atoms with Gasteiger partial charge in [0, 0.05) is 12.1 Å². The lowest BCUT2D eigenvalue weighted by Gasteiger charge is -2.19. The Morgan fingerprint density at radius 3 is 2.56 bits per heavy atom. The minimum atomic E-state index is 0.253. The van der Waals surface area contributed by atoms with Crippen LogP contribution in [-0.4, -0.2) is 12.2 Å². The molecule has 16 heavy (non-hydrogen) atoms. The molecule has 1 aromatic carbocycles. The van der Waals surface area contributed by atoms with Crippen LogP contribution in [0.15, 0.2) is 18.2 Å². The van der Waals surface area contributed by atoms with E-state index in [1.54, 1.807) is 13.2 Å². The molecule has 0 spiro atoms. The Hall–Kier alpha value is -1.06. The molecular formula is C13H21NO2. The lowest BCUT2D eigenvalue weighted by atomic mass is 9.87. The van der Waals surface area contributed by atoms with Crippen LogP contribution in [0.2, 0.25) is 0 Å². The highest BCUT2D eigenvalue weighted by Gasteiger charge is 2.12. The first-order chi connectivity index (χ1) is 7.42. The normalized spacial score (nSPS) is 11.8. The number of hydroxylamine groups is 1. The largest absolute Gasteiger partial charge is 0.508 e. The van der Waals surface area contributed by atoms with E-state index in [1.165, 1.54) is 5.56 Å². The smallest absolute Gasteiger partial charge is 0.120 e. The topological polar surface area (TPSA) is 41.5 Å². The summed E-state index contributed by atoms with van der Waals surface area (Å²) in [6.07, 6.45) is 0.993. The molecule has 1 aromatic rings. The maximum Gasteiger partial charge on any atom is 0.120 e. The number of aromatic hydroxyl groups is 1. The summed E-state index contributed by atoms with van der Waals surface area (Å²) < 4.78 is 0. The molecule has 0 aliphatic carbocycles. The summed E-state index contributed by atoms with van der Waals surface area (Å²) in [5.41, 5.74) is 5.09. The van der Waals surface area contributed by atoms with Gasteiger partial charge < -0.3 is 9.94 Å². The van der Waals surface area contributed by atoms with Gasteiger partial charge in [0.15, 0.2) is 0 Å². The van der Waals surface area contributed by atoms with Crippen molar-refractivity contribution in [1.29, 1.82) is 0 Å². The van der Waals surface area contributed by atoms with Gasteiger partial charge in [-0.2, -0.15) is 5.48 Å². The summed E-state index contributed by atoms with van der Waals surface area (Å²) in [6.45, 7) is 7.12. The van der Waals surface area contributed by atoms with Crippen molar-refractivity contribution in [3.05, 3.63) is 29.3 Å². The van der Waals surface area contributed by atoms with E-state index < -0.39 is 0 Å². The molecule has 0 unspecified atom stereocenters. The van der Waals surface area contributed by atoms with Gasteiger partial charge in [0.05, 0.1) is 7.11 Å². The molecule has 90 valence electrons. The van der Waals surface area contributed by atoms with Crippen molar-refractivity contribution >= 4 is 0 Å². The number of hydrogen-bond acceptors (Lipinski definition) is 3. The first-order valence-corrected chi connectivity index (χ1v) is 5.49. The monoisotopic (exact) mass is 223 g/mol. The van der Waals surface area contributed by atoms with Gasteiger partial charge in [0.2, 0.25) is 0 Å². The summed E-state index contributed by atoms with van der Waals surface area (Å²) in [7, 11) is 1.57. The average Bonchev–Trinajstić information content (AvgIpc) is 2.17. The second-order valence-electron chi connectivity index (χ2n) is 5.23. The van der Waals surface area contributed by atoms with E-state index in [4.69, 9.17) is 4.84 Å². The molecule has 0 aliphatic rings. The van der Waals surface area contributed by atoms with E-state index >= 15 is 0 Å². The van der Waals surface area contributed by atoms with E-state index in [2.05, 4.69) is 26.3 Å². The van der Waals surface area contributed by atoms with Gasteiger partial charge in [-0.25, -0.2) is 0 Å². The number of phenols is 1. The van der Waals surface area contributed by atoms with Crippen LogP contribution in [0.3, 0.4) is 0 Å². The van der Waals surface area contributed by atoms with Gasteiger partial charge in [-0.1, -0.05) is 32.9 Å². The third kappa shape index (κ3) is 4.21. The molecule has 0 aliphatic heterocycles. The Morgan fingerprint density at radius 1 is 1.31 bits per heavy atom. The van der Waals surface area contributed by atoms with Crippen molar-refractivity contribution in [3.8, 4) is 5.75 Å². The zero-order valence-corrected chi connectivity index (χ0v) is 10.5. The third-order valence-corrected chi connectivity index (χ3v) is 2.29. The molecule has 3 heteroatoms. The SMILES string of the molecule is CONCc1cc(CC(C)(C)C)ccc1O. The van der Waals surface area contributed by atoms with Gasteiger partial charge >= 0.3 is 0 Å². The number of phenolic OH excluding ortho intramolecular Hbond substituents is 1. The van der Waals surface area contributed by atoms with Gasteiger partial charge in [0.1, 0.15) is 5.75 Å². The van der Waals surface area contributed by atoms with Crippen LogP contribution in [0.25, 0.3) is 0 Å². The standard InChI is InChI=1S/C13H21NO2/c1-13(2,3)8-10-5-6-12(15)11(7-10)9-14-16-4/h5-7,14-15H,8-9H2,1-4H3. The molecule has 0 amide bonds. The molecule has 0 saturated heterocycles. The Balaban J connectivity index is 2.81. The highest BCUT2D eigenvalue weighted by Crippen LogP contribution is 2.24. The average molecular weight is 223 g/mol. The Morgan fingerprint density at radius 2 is 2.00 bits per heavy atom. The van der Waals surface area contributed by atoms with Crippen LogP contribution in [0.4, 0.5) is 0 Å². The van der Waals surface area contributed by atoms with Crippen molar-refractivity contribution in [1.82, 2.24) is 5.48 Å². The fraction of sp³-hybridized carbons (Fsp3) is 0.538. The van der Waals surface area contributed by atoms with Crippen LogP contribution in [0.1, 0.15) is 31.9 Å². The van der Waals surface area contributed by atoms with E-state index in [1.807, 2.05) is 12.1 Å². The summed E-state index contributed by atoms with van der Waals surface area (Å²) in [6, 6.07) is 5.73. The Labute approximate surface area is 97.4 Å². The minimum Gasteiger partial charge on any atom is -0.508 e. The highest BCUT2D eigenvalue weighted by atomic mass is 16.6. The van der Waals surface area contributed by atoms with Crippen LogP contribution in [-0.2, 0) is 17.8 Å². The van der Waals surface area contributed by atoms with E-state index in [9.17, 15) is 5.11 Å². The molecule has 0 atom stereocenters. The molecule has 0 aromatic heterocycles. The van der Waals surface area contributed by atoms with Gasteiger partial charge in [-0.3, -0.25) is 0 Å². The number of nitrogens with one attached hydrogen (secondary N) is 1. The quantitative estimate of drug-likeness (QED) is 0.771. The van der Waals surface area contributed by atoms with Gasteiger partial charge in [-0.15, -0.1) is 0 Å². The summed E-state index contributed by atoms with van der Waals surface area (Å²) >= 11 is 0. The second-order valence-corrected chi connectivity index (χ2v) is 5.23. The zero-order valence-electron chi connectivity index (χ0n) is 10.5. The molecular weight excluding hydrogens is 202 g/mol. The summed E-state index contributed by atoms with van der Waals surface area (Å²) in [4.78, 5) is 4.78. The third-order valence-electron chi connectivity index (χ3n) is 2.29. The maximum atomic E-state index is 9.66. The van der Waals surface area contributed by atoms with Gasteiger partial charge in [0.25, 0.3) is 0 Å². The molecule has 2 N–H and O–H groups in total. The predicted molar refractivity (Wildman–Crippen MR) is 65.1 cm³/mol. The minimum absolute atomic E-state index is 0.253. The first kappa shape index (κ1) is 13.0. The molecule has 1 rings (SSSR count). The van der Waals surface area contributed by atoms with Crippen molar-refractivity contribution in [3.63, 3.8) is 0 Å². The Bertz CT molecular complexity index is 342. The molecule has 0 heterocycles. The molecule has 0 fully saturated rings. The van der Waals surface area contributed by atoms with E-state index in [0.29, 0.717) is 12.3 Å². The lowest BCUT2D eigenvalue weighted by molar-refractivity contribution is 0.0861. The second kappa shape index (κ2) is 5.32. The van der Waals surface area contributed by atoms with Crippen molar-refractivity contribution < 1.29 is 9.94 Å². The molecule has 0 saturated carbocycles. The van der Waals surface area contributed by atoms with Crippen LogP contribution < -0.4 is 5.48 Å². The van der Waals surface area contributed by atoms with E-state index in [-0.39, 0.29) is 5.41 Å². The van der Waals surface area contributed by atoms with Crippen LogP contribution in [0.5, 0.6) is 5.75 Å². The first-order valence-electron chi connectivity index (χ1n) is 5.49. The lowest BCUT2D eigenvalue weighted by Crippen LogP contribution is -2.12. The van der Waals surface area contributed by atoms with Crippen molar-refractivity contribution in [2.24, 2.45) is 5.41 Å². The number of rotatable bonds is 4. The predicted octanol–water partition coefficient (Wildman–Crippen LogP) is 2.63. The van der Waals surface area contributed by atoms with Crippen molar-refractivity contribution in [2.45, 2.75) is 33.7 Å². The van der Waals surface area contributed by atoms with Crippen LogP contribution in [0, 0.1) is 5.41 Å². The summed E-state index contributed by atoms with van der Waals surface area (Å²) in [5.74, 6) is 0.308. The fourth-order valence-corrected chi connectivity index (χ4v) is 1.65. The maximum absolute atomic E-state index is 9.66. The Kier molecular flexibility index (Phi) is 4.33. The fourth-order valence-electron chi connectivity index (χ4n) is 1.65. The number of benzene rings is 1. The van der Waals surface area contributed by atoms with Crippen molar-refractivity contribution in [2.75, 3.05) is 7.11 Å². The number of hydrogen-bond donors (Lipinski definition) is 2. The molecule has 0 bridgehead atoms. The van der Waals surface area contributed by atoms with Gasteiger partial charge in [-0.05, 0) is 23.5 Å². The zero-order chi connectivity index (χ0) is 12.2. The summed E-state index contributed by atoms with van der Waals surface area (Å²) in [5, 5.41) is 9.66.